The molecule has 0 saturated heterocycles. The maximum absolute atomic E-state index is 12.1. The molecule has 0 fully saturated rings. The van der Waals surface area contributed by atoms with E-state index >= 15 is 0 Å². The van der Waals surface area contributed by atoms with E-state index in [1.807, 2.05) is 0 Å². The summed E-state index contributed by atoms with van der Waals surface area (Å²) in [5.41, 5.74) is -0.0679. The van der Waals surface area contributed by atoms with Gasteiger partial charge in [-0.05, 0) is 24.3 Å². The van der Waals surface area contributed by atoms with Gasteiger partial charge in [0.15, 0.2) is 6.61 Å². The van der Waals surface area contributed by atoms with Crippen molar-refractivity contribution < 1.29 is 41.7 Å². The molecule has 0 spiro atoms. The van der Waals surface area contributed by atoms with Gasteiger partial charge in [0.1, 0.15) is 5.75 Å². The molecule has 0 aliphatic rings. The van der Waals surface area contributed by atoms with Crippen LogP contribution in [0.2, 0.25) is 0 Å². The van der Waals surface area contributed by atoms with Gasteiger partial charge in [-0.25, -0.2) is 4.79 Å². The third-order valence-electron chi connectivity index (χ3n) is 3.01. The molecule has 0 radical (unpaired) electrons. The van der Waals surface area contributed by atoms with Crippen LogP contribution in [0.25, 0.3) is 0 Å². The number of alkyl halides is 3. The first-order chi connectivity index (χ1) is 13.2. The Hall–Kier alpha value is -3.57. The summed E-state index contributed by atoms with van der Waals surface area (Å²) in [5, 5.41) is 2.29. The second-order valence-electron chi connectivity index (χ2n) is 4.97. The Morgan fingerprint density at radius 1 is 1.04 bits per heavy atom. The van der Waals surface area contributed by atoms with Crippen molar-refractivity contribution in [2.45, 2.75) is 6.36 Å². The number of aromatic nitrogens is 2. The summed E-state index contributed by atoms with van der Waals surface area (Å²) in [5.74, 6) is -2.02. The Morgan fingerprint density at radius 2 is 1.61 bits per heavy atom. The Balaban J connectivity index is 1.91. The van der Waals surface area contributed by atoms with E-state index in [4.69, 9.17) is 14.2 Å². The molecule has 28 heavy (non-hydrogen) atoms. The second kappa shape index (κ2) is 8.88. The second-order valence-corrected chi connectivity index (χ2v) is 4.97. The number of rotatable bonds is 7. The minimum atomic E-state index is -4.84. The number of esters is 1. The van der Waals surface area contributed by atoms with Gasteiger partial charge in [-0.2, -0.15) is 9.97 Å². The first-order valence-electron chi connectivity index (χ1n) is 7.50. The van der Waals surface area contributed by atoms with E-state index < -0.39 is 30.6 Å². The number of benzene rings is 1. The number of ether oxygens (including phenoxy) is 4. The highest BCUT2D eigenvalue weighted by Gasteiger charge is 2.31. The van der Waals surface area contributed by atoms with E-state index in [0.717, 1.165) is 24.3 Å². The Kier molecular flexibility index (Phi) is 6.58. The van der Waals surface area contributed by atoms with Crippen molar-refractivity contribution in [3.63, 3.8) is 0 Å². The molecular formula is C16H14F3N3O6. The van der Waals surface area contributed by atoms with Gasteiger partial charge in [0.05, 0.1) is 25.8 Å². The summed E-state index contributed by atoms with van der Waals surface area (Å²) < 4.78 is 54.6. The fourth-order valence-electron chi connectivity index (χ4n) is 1.84. The predicted molar refractivity (Wildman–Crippen MR) is 87.2 cm³/mol. The van der Waals surface area contributed by atoms with Crippen molar-refractivity contribution in [3.8, 4) is 17.5 Å². The van der Waals surface area contributed by atoms with Crippen molar-refractivity contribution in [1.82, 2.24) is 9.97 Å². The van der Waals surface area contributed by atoms with Gasteiger partial charge < -0.3 is 18.9 Å². The molecule has 0 aliphatic carbocycles. The standard InChI is InChI=1S/C16H14F3N3O6/c1-25-12-7-13(26-2)22-15(21-12)20-11(23)8-27-14(24)9-3-5-10(6-4-9)28-16(17,18)19/h3-7H,8H2,1-2H3,(H,20,21,22,23). The Bertz CT molecular complexity index is 820. The van der Waals surface area contributed by atoms with Gasteiger partial charge in [-0.1, -0.05) is 0 Å². The smallest absolute Gasteiger partial charge is 0.481 e. The van der Waals surface area contributed by atoms with E-state index in [0.29, 0.717) is 0 Å². The number of nitrogens with zero attached hydrogens (tertiary/aromatic N) is 2. The molecule has 12 heteroatoms. The Morgan fingerprint density at radius 3 is 2.11 bits per heavy atom. The lowest BCUT2D eigenvalue weighted by Gasteiger charge is -2.09. The molecule has 0 atom stereocenters. The van der Waals surface area contributed by atoms with E-state index in [9.17, 15) is 22.8 Å². The average Bonchev–Trinajstić information content (AvgIpc) is 2.65. The normalized spacial score (nSPS) is 10.8. The van der Waals surface area contributed by atoms with Crippen molar-refractivity contribution in [2.24, 2.45) is 0 Å². The first-order valence-corrected chi connectivity index (χ1v) is 7.50. The highest BCUT2D eigenvalue weighted by Crippen LogP contribution is 2.23. The number of carbonyl (C=O) groups excluding carboxylic acids is 2. The molecule has 1 amide bonds. The van der Waals surface area contributed by atoms with Crippen LogP contribution >= 0.6 is 0 Å². The number of hydrogen-bond acceptors (Lipinski definition) is 8. The van der Waals surface area contributed by atoms with E-state index in [2.05, 4.69) is 20.0 Å². The molecule has 2 aromatic rings. The van der Waals surface area contributed by atoms with Crippen LogP contribution in [0.5, 0.6) is 17.5 Å². The summed E-state index contributed by atoms with van der Waals surface area (Å²) in [7, 11) is 2.72. The van der Waals surface area contributed by atoms with Crippen molar-refractivity contribution in [2.75, 3.05) is 26.1 Å². The van der Waals surface area contributed by atoms with E-state index in [1.54, 1.807) is 0 Å². The summed E-state index contributed by atoms with van der Waals surface area (Å²) in [6.07, 6.45) is -4.84. The lowest BCUT2D eigenvalue weighted by molar-refractivity contribution is -0.274. The van der Waals surface area contributed by atoms with Gasteiger partial charge >= 0.3 is 12.3 Å². The van der Waals surface area contributed by atoms with E-state index in [-0.39, 0.29) is 23.3 Å². The molecule has 150 valence electrons. The SMILES string of the molecule is COc1cc(OC)nc(NC(=O)COC(=O)c2ccc(OC(F)(F)F)cc2)n1. The summed E-state index contributed by atoms with van der Waals surface area (Å²) in [4.78, 5) is 31.5. The van der Waals surface area contributed by atoms with Crippen LogP contribution in [-0.4, -0.2) is 49.0 Å². The minimum Gasteiger partial charge on any atom is -0.481 e. The van der Waals surface area contributed by atoms with Crippen molar-refractivity contribution in [1.29, 1.82) is 0 Å². The molecule has 1 aromatic heterocycles. The van der Waals surface area contributed by atoms with Crippen molar-refractivity contribution in [3.05, 3.63) is 35.9 Å². The molecule has 0 saturated carbocycles. The van der Waals surface area contributed by atoms with Gasteiger partial charge in [-0.3, -0.25) is 10.1 Å². The molecule has 1 aromatic carbocycles. The summed E-state index contributed by atoms with van der Waals surface area (Å²) >= 11 is 0. The maximum atomic E-state index is 12.1. The van der Waals surface area contributed by atoms with Gasteiger partial charge in [0, 0.05) is 0 Å². The highest BCUT2D eigenvalue weighted by molar-refractivity contribution is 5.94. The molecular weight excluding hydrogens is 387 g/mol. The number of amides is 1. The number of anilines is 1. The molecule has 1 N–H and O–H groups in total. The first kappa shape index (κ1) is 20.7. The fourth-order valence-corrected chi connectivity index (χ4v) is 1.84. The third-order valence-corrected chi connectivity index (χ3v) is 3.01. The quantitative estimate of drug-likeness (QED) is 0.704. The molecule has 0 bridgehead atoms. The molecule has 2 rings (SSSR count). The largest absolute Gasteiger partial charge is 0.573 e. The maximum Gasteiger partial charge on any atom is 0.573 e. The molecule has 9 nitrogen and oxygen atoms in total. The average molecular weight is 401 g/mol. The molecule has 0 aliphatic heterocycles. The fraction of sp³-hybridized carbons (Fsp3) is 0.250. The topological polar surface area (TPSA) is 109 Å². The van der Waals surface area contributed by atoms with Gasteiger partial charge in [0.25, 0.3) is 5.91 Å². The van der Waals surface area contributed by atoms with Crippen LogP contribution in [0.1, 0.15) is 10.4 Å². The van der Waals surface area contributed by atoms with Crippen LogP contribution < -0.4 is 19.5 Å². The molecule has 0 unspecified atom stereocenters. The zero-order chi connectivity index (χ0) is 20.7. The van der Waals surface area contributed by atoms with Gasteiger partial charge in [0.2, 0.25) is 17.7 Å². The highest BCUT2D eigenvalue weighted by atomic mass is 19.4. The lowest BCUT2D eigenvalue weighted by atomic mass is 10.2. The molecule has 1 heterocycles. The minimum absolute atomic E-state index is 0.0679. The van der Waals surface area contributed by atoms with Crippen molar-refractivity contribution >= 4 is 17.8 Å². The number of hydrogen-bond donors (Lipinski definition) is 1. The lowest BCUT2D eigenvalue weighted by Crippen LogP contribution is -2.22. The van der Waals surface area contributed by atoms with Crippen LogP contribution in [0.4, 0.5) is 19.1 Å². The number of halogens is 3. The summed E-state index contributed by atoms with van der Waals surface area (Å²) in [6.45, 7) is -0.678. The van der Waals surface area contributed by atoms with E-state index in [1.165, 1.54) is 20.3 Å². The zero-order valence-corrected chi connectivity index (χ0v) is 14.6. The third kappa shape index (κ3) is 6.30. The Labute approximate surface area is 156 Å². The zero-order valence-electron chi connectivity index (χ0n) is 14.6. The van der Waals surface area contributed by atoms with Crippen LogP contribution in [0.3, 0.4) is 0 Å². The number of nitrogens with one attached hydrogen (secondary N) is 1. The van der Waals surface area contributed by atoms with Crippen LogP contribution in [0.15, 0.2) is 30.3 Å². The van der Waals surface area contributed by atoms with Crippen LogP contribution in [0, 0.1) is 0 Å². The predicted octanol–water partition coefficient (Wildman–Crippen LogP) is 2.19. The number of methoxy groups -OCH3 is 2. The van der Waals surface area contributed by atoms with Gasteiger partial charge in [-0.15, -0.1) is 13.2 Å². The van der Waals surface area contributed by atoms with Crippen LogP contribution in [-0.2, 0) is 9.53 Å². The number of carbonyl (C=O) groups is 2. The summed E-state index contributed by atoms with van der Waals surface area (Å²) in [6, 6.07) is 5.41. The monoisotopic (exact) mass is 401 g/mol.